The molecule has 0 amide bonds. The van der Waals surface area contributed by atoms with Crippen molar-refractivity contribution in [2.45, 2.75) is 82.6 Å². The molecule has 110 valence electrons. The molecular formula is C16H31N3. The lowest BCUT2D eigenvalue weighted by Gasteiger charge is -2.33. The van der Waals surface area contributed by atoms with E-state index in [1.807, 2.05) is 6.08 Å². The summed E-state index contributed by atoms with van der Waals surface area (Å²) in [6.07, 6.45) is 15.9. The zero-order valence-electron chi connectivity index (χ0n) is 12.3. The van der Waals surface area contributed by atoms with E-state index in [2.05, 4.69) is 22.5 Å². The quantitative estimate of drug-likeness (QED) is 0.489. The van der Waals surface area contributed by atoms with Gasteiger partial charge in [-0.05, 0) is 25.7 Å². The van der Waals surface area contributed by atoms with Crippen LogP contribution in [0.4, 0.5) is 0 Å². The van der Waals surface area contributed by atoms with Crippen LogP contribution in [-0.4, -0.2) is 24.9 Å². The molecule has 2 rings (SSSR count). The maximum atomic E-state index is 3.81. The van der Waals surface area contributed by atoms with Crippen LogP contribution in [0.3, 0.4) is 0 Å². The van der Waals surface area contributed by atoms with Crippen LogP contribution in [0.1, 0.15) is 64.2 Å². The lowest BCUT2D eigenvalue weighted by molar-refractivity contribution is 0.239. The van der Waals surface area contributed by atoms with Crippen molar-refractivity contribution >= 4 is 0 Å². The van der Waals surface area contributed by atoms with Crippen LogP contribution >= 0.6 is 0 Å². The Labute approximate surface area is 118 Å². The zero-order valence-corrected chi connectivity index (χ0v) is 12.3. The summed E-state index contributed by atoms with van der Waals surface area (Å²) in [6.45, 7) is 4.67. The van der Waals surface area contributed by atoms with Crippen molar-refractivity contribution < 1.29 is 0 Å². The minimum Gasteiger partial charge on any atom is -0.287 e. The molecule has 0 radical (unpaired) electrons. The predicted octanol–water partition coefficient (Wildman–Crippen LogP) is 2.89. The van der Waals surface area contributed by atoms with Crippen LogP contribution in [0.25, 0.3) is 0 Å². The normalized spacial score (nSPS) is 22.8. The van der Waals surface area contributed by atoms with Crippen molar-refractivity contribution in [2.24, 2.45) is 0 Å². The third-order valence-electron chi connectivity index (χ3n) is 4.48. The fourth-order valence-corrected chi connectivity index (χ4v) is 3.38. The van der Waals surface area contributed by atoms with Gasteiger partial charge < -0.3 is 0 Å². The van der Waals surface area contributed by atoms with Crippen molar-refractivity contribution in [3.05, 3.63) is 12.7 Å². The van der Waals surface area contributed by atoms with E-state index in [1.165, 1.54) is 64.2 Å². The molecule has 2 saturated carbocycles. The molecular weight excluding hydrogens is 234 g/mol. The summed E-state index contributed by atoms with van der Waals surface area (Å²) < 4.78 is 0. The molecule has 0 bridgehead atoms. The van der Waals surface area contributed by atoms with Gasteiger partial charge in [0.2, 0.25) is 0 Å². The van der Waals surface area contributed by atoms with Gasteiger partial charge in [0.15, 0.2) is 0 Å². The first-order chi connectivity index (χ1) is 9.38. The van der Waals surface area contributed by atoms with Gasteiger partial charge in [-0.3, -0.25) is 16.0 Å². The molecule has 3 heteroatoms. The molecule has 2 fully saturated rings. The first-order valence-corrected chi connectivity index (χ1v) is 8.25. The van der Waals surface area contributed by atoms with Gasteiger partial charge >= 0.3 is 0 Å². The smallest absolute Gasteiger partial charge is 0.112 e. The minimum absolute atomic E-state index is 0.254. The monoisotopic (exact) mass is 265 g/mol. The second kappa shape index (κ2) is 8.72. The molecule has 0 aliphatic heterocycles. The molecule has 0 aromatic heterocycles. The summed E-state index contributed by atoms with van der Waals surface area (Å²) in [5.41, 5.74) is 0. The van der Waals surface area contributed by atoms with Crippen LogP contribution in [0, 0.1) is 0 Å². The molecule has 0 saturated heterocycles. The van der Waals surface area contributed by atoms with E-state index in [0.717, 1.165) is 6.54 Å². The highest BCUT2D eigenvalue weighted by Crippen LogP contribution is 2.19. The van der Waals surface area contributed by atoms with Crippen molar-refractivity contribution in [2.75, 3.05) is 6.54 Å². The van der Waals surface area contributed by atoms with Crippen LogP contribution in [0.5, 0.6) is 0 Å². The molecule has 0 aromatic carbocycles. The van der Waals surface area contributed by atoms with Crippen LogP contribution in [-0.2, 0) is 0 Å². The summed E-state index contributed by atoms with van der Waals surface area (Å²) in [7, 11) is 0. The Hall–Kier alpha value is -0.380. The van der Waals surface area contributed by atoms with Gasteiger partial charge in [-0.2, -0.15) is 0 Å². The molecule has 0 atom stereocenters. The van der Waals surface area contributed by atoms with Crippen LogP contribution in [0.15, 0.2) is 12.7 Å². The number of nitrogens with one attached hydrogen (secondary N) is 3. The summed E-state index contributed by atoms with van der Waals surface area (Å²) in [5, 5.41) is 11.1. The molecule has 0 spiro atoms. The standard InChI is InChI=1S/C16H31N3/c1-2-13-17-16(18-14-9-5-3-6-10-14)19-15-11-7-4-8-12-15/h2,14-19H,1,3-13H2. The summed E-state index contributed by atoms with van der Waals surface area (Å²) >= 11 is 0. The fraction of sp³-hybridized carbons (Fsp3) is 0.875. The van der Waals surface area contributed by atoms with Crippen molar-refractivity contribution in [1.82, 2.24) is 16.0 Å². The van der Waals surface area contributed by atoms with Gasteiger partial charge in [-0.1, -0.05) is 44.6 Å². The van der Waals surface area contributed by atoms with Crippen molar-refractivity contribution in [3.63, 3.8) is 0 Å². The Balaban J connectivity index is 1.77. The average Bonchev–Trinajstić information content (AvgIpc) is 2.47. The van der Waals surface area contributed by atoms with Crippen LogP contribution < -0.4 is 16.0 Å². The Kier molecular flexibility index (Phi) is 6.90. The Bertz CT molecular complexity index is 222. The van der Waals surface area contributed by atoms with Gasteiger partial charge in [-0.25, -0.2) is 0 Å². The average molecular weight is 265 g/mol. The maximum absolute atomic E-state index is 3.81. The van der Waals surface area contributed by atoms with Crippen molar-refractivity contribution in [3.8, 4) is 0 Å². The molecule has 19 heavy (non-hydrogen) atoms. The SMILES string of the molecule is C=CCNC(NC1CCCCC1)NC1CCCCC1. The minimum atomic E-state index is 0.254. The predicted molar refractivity (Wildman–Crippen MR) is 82.0 cm³/mol. The molecule has 0 aromatic rings. The summed E-state index contributed by atoms with van der Waals surface area (Å²) in [4.78, 5) is 0. The van der Waals surface area contributed by atoms with E-state index < -0.39 is 0 Å². The third kappa shape index (κ3) is 5.64. The van der Waals surface area contributed by atoms with Gasteiger partial charge in [0, 0.05) is 18.6 Å². The summed E-state index contributed by atoms with van der Waals surface area (Å²) in [5.74, 6) is 0. The summed E-state index contributed by atoms with van der Waals surface area (Å²) in [6, 6.07) is 1.37. The number of hydrogen-bond donors (Lipinski definition) is 3. The van der Waals surface area contributed by atoms with Gasteiger partial charge in [0.05, 0.1) is 0 Å². The van der Waals surface area contributed by atoms with Crippen LogP contribution in [0.2, 0.25) is 0 Å². The lowest BCUT2D eigenvalue weighted by Crippen LogP contribution is -2.59. The van der Waals surface area contributed by atoms with E-state index >= 15 is 0 Å². The Morgan fingerprint density at radius 3 is 1.74 bits per heavy atom. The highest BCUT2D eigenvalue weighted by Gasteiger charge is 2.20. The molecule has 2 aliphatic carbocycles. The van der Waals surface area contributed by atoms with E-state index in [4.69, 9.17) is 0 Å². The van der Waals surface area contributed by atoms with E-state index in [-0.39, 0.29) is 6.29 Å². The molecule has 3 nitrogen and oxygen atoms in total. The fourth-order valence-electron chi connectivity index (χ4n) is 3.38. The topological polar surface area (TPSA) is 36.1 Å². The number of rotatable bonds is 7. The molecule has 3 N–H and O–H groups in total. The van der Waals surface area contributed by atoms with Gasteiger partial charge in [0.1, 0.15) is 6.29 Å². The van der Waals surface area contributed by atoms with Gasteiger partial charge in [0.25, 0.3) is 0 Å². The number of hydrogen-bond acceptors (Lipinski definition) is 3. The maximum Gasteiger partial charge on any atom is 0.112 e. The third-order valence-corrected chi connectivity index (χ3v) is 4.48. The molecule has 0 heterocycles. The highest BCUT2D eigenvalue weighted by molar-refractivity contribution is 4.81. The van der Waals surface area contributed by atoms with Gasteiger partial charge in [-0.15, -0.1) is 6.58 Å². The largest absolute Gasteiger partial charge is 0.287 e. The lowest BCUT2D eigenvalue weighted by atomic mass is 9.94. The Morgan fingerprint density at radius 1 is 0.842 bits per heavy atom. The second-order valence-corrected chi connectivity index (χ2v) is 6.13. The zero-order chi connectivity index (χ0) is 13.3. The second-order valence-electron chi connectivity index (χ2n) is 6.13. The van der Waals surface area contributed by atoms with E-state index in [1.54, 1.807) is 0 Å². The first kappa shape index (κ1) is 15.0. The van der Waals surface area contributed by atoms with E-state index in [0.29, 0.717) is 12.1 Å². The van der Waals surface area contributed by atoms with Crippen molar-refractivity contribution in [1.29, 1.82) is 0 Å². The highest BCUT2D eigenvalue weighted by atomic mass is 15.3. The molecule has 0 unspecified atom stereocenters. The first-order valence-electron chi connectivity index (χ1n) is 8.25. The molecule has 2 aliphatic rings. The Morgan fingerprint density at radius 2 is 1.32 bits per heavy atom. The van der Waals surface area contributed by atoms with E-state index in [9.17, 15) is 0 Å².